The van der Waals surface area contributed by atoms with E-state index < -0.39 is 12.0 Å². The average molecular weight is 296 g/mol. The van der Waals surface area contributed by atoms with Gasteiger partial charge in [0, 0.05) is 13.7 Å². The molecule has 0 aliphatic heterocycles. The summed E-state index contributed by atoms with van der Waals surface area (Å²) in [5.74, 6) is -0.511. The summed E-state index contributed by atoms with van der Waals surface area (Å²) < 4.78 is 10.1. The molecule has 0 aliphatic rings. The Kier molecular flexibility index (Phi) is 6.48. The molecule has 0 saturated heterocycles. The van der Waals surface area contributed by atoms with Crippen LogP contribution in [0.5, 0.6) is 5.75 Å². The summed E-state index contributed by atoms with van der Waals surface area (Å²) in [5.41, 5.74) is 0.369. The number of aromatic carboxylic acids is 1. The fraction of sp³-hybridized carbons (Fsp3) is 0.429. The normalized spacial score (nSPS) is 11.6. The molecule has 116 valence electrons. The standard InChI is InChI=1S/C14H20N2O5/c1-9(8-20-2)7-15-14(19)16-11-6-10(13(17)18)4-5-12(11)21-3/h4-6,9H,7-8H2,1-3H3,(H,17,18)(H2,15,16,19). The Morgan fingerprint density at radius 1 is 1.33 bits per heavy atom. The van der Waals surface area contributed by atoms with Crippen molar-refractivity contribution >= 4 is 17.7 Å². The van der Waals surface area contributed by atoms with E-state index in [-0.39, 0.29) is 11.5 Å². The van der Waals surface area contributed by atoms with Crippen molar-refractivity contribution in [3.05, 3.63) is 23.8 Å². The summed E-state index contributed by atoms with van der Waals surface area (Å²) in [7, 11) is 3.04. The maximum atomic E-state index is 11.8. The number of rotatable bonds is 7. The number of nitrogens with one attached hydrogen (secondary N) is 2. The van der Waals surface area contributed by atoms with Gasteiger partial charge in [-0.3, -0.25) is 0 Å². The number of hydrogen-bond acceptors (Lipinski definition) is 4. The van der Waals surface area contributed by atoms with Gasteiger partial charge in [0.2, 0.25) is 0 Å². The third-order valence-electron chi connectivity index (χ3n) is 2.76. The van der Waals surface area contributed by atoms with Crippen LogP contribution in [0.2, 0.25) is 0 Å². The van der Waals surface area contributed by atoms with Crippen LogP contribution >= 0.6 is 0 Å². The number of carboxylic acids is 1. The molecule has 7 heteroatoms. The van der Waals surface area contributed by atoms with Crippen LogP contribution in [0, 0.1) is 5.92 Å². The molecule has 0 heterocycles. The first-order valence-electron chi connectivity index (χ1n) is 6.43. The molecule has 1 aromatic rings. The first-order valence-corrected chi connectivity index (χ1v) is 6.43. The minimum Gasteiger partial charge on any atom is -0.495 e. The summed E-state index contributed by atoms with van der Waals surface area (Å²) in [6.07, 6.45) is 0. The van der Waals surface area contributed by atoms with Gasteiger partial charge in [-0.25, -0.2) is 9.59 Å². The largest absolute Gasteiger partial charge is 0.495 e. The molecular weight excluding hydrogens is 276 g/mol. The highest BCUT2D eigenvalue weighted by Crippen LogP contribution is 2.25. The highest BCUT2D eigenvalue weighted by molar-refractivity contribution is 5.94. The number of carboxylic acid groups (broad SMARTS) is 1. The number of urea groups is 1. The zero-order chi connectivity index (χ0) is 15.8. The number of methoxy groups -OCH3 is 2. The lowest BCUT2D eigenvalue weighted by atomic mass is 10.2. The Balaban J connectivity index is 2.70. The number of ether oxygens (including phenoxy) is 2. The molecule has 1 rings (SSSR count). The highest BCUT2D eigenvalue weighted by atomic mass is 16.5. The third-order valence-corrected chi connectivity index (χ3v) is 2.76. The Hall–Kier alpha value is -2.28. The zero-order valence-electron chi connectivity index (χ0n) is 12.3. The first-order chi connectivity index (χ1) is 9.97. The Bertz CT molecular complexity index is 504. The molecule has 0 aromatic heterocycles. The number of carbonyl (C=O) groups excluding carboxylic acids is 1. The van der Waals surface area contributed by atoms with Crippen molar-refractivity contribution in [3.8, 4) is 5.75 Å². The molecule has 1 atom stereocenters. The van der Waals surface area contributed by atoms with Crippen LogP contribution in [0.3, 0.4) is 0 Å². The number of amides is 2. The molecule has 2 amide bonds. The van der Waals surface area contributed by atoms with E-state index in [0.717, 1.165) is 0 Å². The fourth-order valence-corrected chi connectivity index (χ4v) is 1.72. The Morgan fingerprint density at radius 2 is 2.05 bits per heavy atom. The number of hydrogen-bond donors (Lipinski definition) is 3. The second-order valence-electron chi connectivity index (χ2n) is 4.62. The molecule has 0 saturated carbocycles. The Labute approximate surface area is 123 Å². The Morgan fingerprint density at radius 3 is 2.62 bits per heavy atom. The van der Waals surface area contributed by atoms with Gasteiger partial charge in [-0.2, -0.15) is 0 Å². The molecule has 0 fully saturated rings. The molecule has 0 radical (unpaired) electrons. The van der Waals surface area contributed by atoms with E-state index in [2.05, 4.69) is 10.6 Å². The first kappa shape index (κ1) is 16.8. The van der Waals surface area contributed by atoms with Crippen LogP contribution < -0.4 is 15.4 Å². The van der Waals surface area contributed by atoms with Gasteiger partial charge < -0.3 is 25.2 Å². The minimum absolute atomic E-state index is 0.0684. The average Bonchev–Trinajstić information content (AvgIpc) is 2.45. The zero-order valence-corrected chi connectivity index (χ0v) is 12.3. The lowest BCUT2D eigenvalue weighted by molar-refractivity contribution is 0.0697. The van der Waals surface area contributed by atoms with E-state index in [1.54, 1.807) is 7.11 Å². The third kappa shape index (κ3) is 5.31. The van der Waals surface area contributed by atoms with Crippen LogP contribution in [0.4, 0.5) is 10.5 Å². The highest BCUT2D eigenvalue weighted by Gasteiger charge is 2.12. The topological polar surface area (TPSA) is 96.9 Å². The van der Waals surface area contributed by atoms with Gasteiger partial charge in [0.15, 0.2) is 0 Å². The van der Waals surface area contributed by atoms with Crippen molar-refractivity contribution in [3.63, 3.8) is 0 Å². The van der Waals surface area contributed by atoms with Gasteiger partial charge in [-0.1, -0.05) is 6.92 Å². The van der Waals surface area contributed by atoms with Gasteiger partial charge in [0.05, 0.1) is 25.0 Å². The van der Waals surface area contributed by atoms with E-state index in [1.165, 1.54) is 25.3 Å². The van der Waals surface area contributed by atoms with Crippen LogP contribution in [-0.4, -0.2) is 44.5 Å². The predicted octanol–water partition coefficient (Wildman–Crippen LogP) is 1.80. The van der Waals surface area contributed by atoms with E-state index in [1.807, 2.05) is 6.92 Å². The minimum atomic E-state index is -1.07. The summed E-state index contributed by atoms with van der Waals surface area (Å²) >= 11 is 0. The summed E-state index contributed by atoms with van der Waals surface area (Å²) in [4.78, 5) is 22.7. The van der Waals surface area contributed by atoms with Crippen molar-refractivity contribution in [1.82, 2.24) is 5.32 Å². The molecule has 21 heavy (non-hydrogen) atoms. The summed E-state index contributed by atoms with van der Waals surface area (Å²) in [6, 6.07) is 3.82. The molecular formula is C14H20N2O5. The van der Waals surface area contributed by atoms with Gasteiger partial charge >= 0.3 is 12.0 Å². The second kappa shape index (κ2) is 8.11. The number of anilines is 1. The summed E-state index contributed by atoms with van der Waals surface area (Å²) in [6.45, 7) is 2.92. The second-order valence-corrected chi connectivity index (χ2v) is 4.62. The van der Waals surface area contributed by atoms with E-state index in [4.69, 9.17) is 14.6 Å². The fourth-order valence-electron chi connectivity index (χ4n) is 1.72. The number of carbonyl (C=O) groups is 2. The van der Waals surface area contributed by atoms with Crippen LogP contribution in [0.15, 0.2) is 18.2 Å². The van der Waals surface area contributed by atoms with Gasteiger partial charge in [-0.05, 0) is 24.1 Å². The summed E-state index contributed by atoms with van der Waals surface area (Å²) in [5, 5.41) is 14.2. The van der Waals surface area contributed by atoms with Crippen LogP contribution in [-0.2, 0) is 4.74 Å². The molecule has 1 aromatic carbocycles. The van der Waals surface area contributed by atoms with E-state index in [9.17, 15) is 9.59 Å². The quantitative estimate of drug-likeness (QED) is 0.713. The van der Waals surface area contributed by atoms with E-state index >= 15 is 0 Å². The van der Waals surface area contributed by atoms with E-state index in [0.29, 0.717) is 24.6 Å². The van der Waals surface area contributed by atoms with Crippen LogP contribution in [0.25, 0.3) is 0 Å². The monoisotopic (exact) mass is 296 g/mol. The molecule has 0 spiro atoms. The lowest BCUT2D eigenvalue weighted by Gasteiger charge is -2.14. The maximum absolute atomic E-state index is 11.8. The molecule has 3 N–H and O–H groups in total. The van der Waals surface area contributed by atoms with Gasteiger partial charge in [0.1, 0.15) is 5.75 Å². The maximum Gasteiger partial charge on any atom is 0.335 e. The molecule has 1 unspecified atom stereocenters. The van der Waals surface area contributed by atoms with Crippen molar-refractivity contribution < 1.29 is 24.2 Å². The van der Waals surface area contributed by atoms with Gasteiger partial charge in [0.25, 0.3) is 0 Å². The molecule has 0 bridgehead atoms. The van der Waals surface area contributed by atoms with Crippen molar-refractivity contribution in [1.29, 1.82) is 0 Å². The predicted molar refractivity (Wildman–Crippen MR) is 78.0 cm³/mol. The van der Waals surface area contributed by atoms with Gasteiger partial charge in [-0.15, -0.1) is 0 Å². The smallest absolute Gasteiger partial charge is 0.335 e. The molecule has 0 aliphatic carbocycles. The van der Waals surface area contributed by atoms with Crippen molar-refractivity contribution in [2.24, 2.45) is 5.92 Å². The number of benzene rings is 1. The molecule has 7 nitrogen and oxygen atoms in total. The van der Waals surface area contributed by atoms with Crippen molar-refractivity contribution in [2.45, 2.75) is 6.92 Å². The van der Waals surface area contributed by atoms with Crippen LogP contribution in [0.1, 0.15) is 17.3 Å². The van der Waals surface area contributed by atoms with Crippen molar-refractivity contribution in [2.75, 3.05) is 32.7 Å². The lowest BCUT2D eigenvalue weighted by Crippen LogP contribution is -2.33. The SMILES string of the molecule is COCC(C)CNC(=O)Nc1cc(C(=O)O)ccc1OC.